The van der Waals surface area contributed by atoms with E-state index in [0.717, 1.165) is 47.4 Å². The molecule has 6 heteroatoms. The fraction of sp³-hybridized carbons (Fsp3) is 0.192. The summed E-state index contributed by atoms with van der Waals surface area (Å²) in [7, 11) is 1.98. The van der Waals surface area contributed by atoms with Crippen LogP contribution < -0.4 is 4.90 Å². The van der Waals surface area contributed by atoms with Crippen LogP contribution in [0, 0.1) is 6.92 Å². The Bertz CT molecular complexity index is 1240. The maximum atomic E-state index is 5.80. The summed E-state index contributed by atoms with van der Waals surface area (Å²) in [5.41, 5.74) is 6.20. The molecule has 4 aromatic rings. The molecule has 6 nitrogen and oxygen atoms in total. The van der Waals surface area contributed by atoms with Crippen LogP contribution in [0.15, 0.2) is 84.1 Å². The Morgan fingerprint density at radius 2 is 1.66 bits per heavy atom. The Morgan fingerprint density at radius 1 is 0.938 bits per heavy atom. The number of hydrogen-bond acceptors (Lipinski definition) is 5. The van der Waals surface area contributed by atoms with Crippen molar-refractivity contribution in [1.29, 1.82) is 0 Å². The lowest BCUT2D eigenvalue weighted by atomic mass is 10.1. The number of anilines is 1. The highest BCUT2D eigenvalue weighted by molar-refractivity contribution is 6.11. The molecule has 2 aromatic carbocycles. The van der Waals surface area contributed by atoms with Gasteiger partial charge in [0.05, 0.1) is 17.6 Å². The topological polar surface area (TPSA) is 55.5 Å². The minimum atomic E-state index is 0.293. The second kappa shape index (κ2) is 8.67. The standard InChI is InChI=1S/C26H25N5O/c1-19-27-15-24(30(19)2)26(20-9-4-3-5-10-20)29-32-18-23-13-8-14-25(28-23)31-16-21-11-6-7-12-22(21)17-31/h3-15H,16-18H2,1-2H3. The summed E-state index contributed by atoms with van der Waals surface area (Å²) in [4.78, 5) is 17.3. The fourth-order valence-corrected chi connectivity index (χ4v) is 3.95. The third kappa shape index (κ3) is 3.99. The molecule has 3 heterocycles. The fourth-order valence-electron chi connectivity index (χ4n) is 3.95. The molecule has 0 saturated heterocycles. The van der Waals surface area contributed by atoms with Gasteiger partial charge in [0.1, 0.15) is 17.4 Å². The molecular weight excluding hydrogens is 398 g/mol. The first kappa shape index (κ1) is 20.0. The molecule has 32 heavy (non-hydrogen) atoms. The monoisotopic (exact) mass is 423 g/mol. The largest absolute Gasteiger partial charge is 0.389 e. The van der Waals surface area contributed by atoms with E-state index in [0.29, 0.717) is 6.61 Å². The number of pyridine rings is 1. The zero-order valence-electron chi connectivity index (χ0n) is 18.3. The van der Waals surface area contributed by atoms with Crippen LogP contribution in [0.3, 0.4) is 0 Å². The zero-order valence-corrected chi connectivity index (χ0v) is 18.3. The molecule has 0 N–H and O–H groups in total. The maximum Gasteiger partial charge on any atom is 0.159 e. The molecule has 0 saturated carbocycles. The van der Waals surface area contributed by atoms with E-state index in [4.69, 9.17) is 9.82 Å². The minimum absolute atomic E-state index is 0.293. The van der Waals surface area contributed by atoms with Crippen molar-refractivity contribution in [3.05, 3.63) is 113 Å². The predicted octanol–water partition coefficient (Wildman–Crippen LogP) is 4.61. The van der Waals surface area contributed by atoms with E-state index in [1.807, 2.05) is 73.3 Å². The van der Waals surface area contributed by atoms with Crippen molar-refractivity contribution in [3.8, 4) is 0 Å². The summed E-state index contributed by atoms with van der Waals surface area (Å²) in [6, 6.07) is 24.6. The molecule has 2 aromatic heterocycles. The van der Waals surface area contributed by atoms with Crippen LogP contribution >= 0.6 is 0 Å². The summed E-state index contributed by atoms with van der Waals surface area (Å²) >= 11 is 0. The van der Waals surface area contributed by atoms with Crippen LogP contribution in [0.1, 0.15) is 33.9 Å². The average molecular weight is 424 g/mol. The lowest BCUT2D eigenvalue weighted by molar-refractivity contribution is 0.128. The maximum absolute atomic E-state index is 5.80. The molecule has 0 unspecified atom stereocenters. The molecule has 0 fully saturated rings. The van der Waals surface area contributed by atoms with Gasteiger partial charge >= 0.3 is 0 Å². The first-order valence-electron chi connectivity index (χ1n) is 10.7. The summed E-state index contributed by atoms with van der Waals surface area (Å²) in [6.45, 7) is 4.02. The number of benzene rings is 2. The zero-order chi connectivity index (χ0) is 21.9. The molecule has 0 bridgehead atoms. The number of rotatable bonds is 6. The highest BCUT2D eigenvalue weighted by atomic mass is 16.6. The number of aromatic nitrogens is 3. The van der Waals surface area contributed by atoms with Gasteiger partial charge in [-0.15, -0.1) is 0 Å². The molecule has 0 spiro atoms. The summed E-state index contributed by atoms with van der Waals surface area (Å²) < 4.78 is 2.01. The van der Waals surface area contributed by atoms with Gasteiger partial charge in [-0.2, -0.15) is 0 Å². The smallest absolute Gasteiger partial charge is 0.159 e. The number of hydrogen-bond donors (Lipinski definition) is 0. The van der Waals surface area contributed by atoms with Crippen LogP contribution in [0.25, 0.3) is 0 Å². The van der Waals surface area contributed by atoms with Crippen LogP contribution in [-0.2, 0) is 31.6 Å². The highest BCUT2D eigenvalue weighted by Crippen LogP contribution is 2.26. The molecule has 0 atom stereocenters. The molecular formula is C26H25N5O. The number of imidazole rings is 1. The van der Waals surface area contributed by atoms with Gasteiger partial charge in [-0.25, -0.2) is 9.97 Å². The first-order chi connectivity index (χ1) is 15.7. The van der Waals surface area contributed by atoms with E-state index in [-0.39, 0.29) is 0 Å². The Hall–Kier alpha value is -3.93. The van der Waals surface area contributed by atoms with E-state index < -0.39 is 0 Å². The second-order valence-corrected chi connectivity index (χ2v) is 7.94. The normalized spacial score (nSPS) is 13.3. The Balaban J connectivity index is 1.34. The number of oxime groups is 1. The van der Waals surface area contributed by atoms with Crippen molar-refractivity contribution in [2.75, 3.05) is 4.90 Å². The lowest BCUT2D eigenvalue weighted by Crippen LogP contribution is -2.16. The van der Waals surface area contributed by atoms with E-state index in [2.05, 4.69) is 39.3 Å². The van der Waals surface area contributed by atoms with Crippen LogP contribution in [0.4, 0.5) is 5.82 Å². The van der Waals surface area contributed by atoms with Gasteiger partial charge in [-0.1, -0.05) is 65.8 Å². The van der Waals surface area contributed by atoms with Gasteiger partial charge in [0.15, 0.2) is 6.61 Å². The van der Waals surface area contributed by atoms with Crippen molar-refractivity contribution in [2.24, 2.45) is 12.2 Å². The summed E-state index contributed by atoms with van der Waals surface area (Å²) in [5.74, 6) is 1.88. The number of aryl methyl sites for hydroxylation is 1. The van der Waals surface area contributed by atoms with Crippen molar-refractivity contribution in [2.45, 2.75) is 26.6 Å². The molecule has 5 rings (SSSR count). The van der Waals surface area contributed by atoms with Gasteiger partial charge in [0.25, 0.3) is 0 Å². The van der Waals surface area contributed by atoms with Crippen LogP contribution in [0.2, 0.25) is 0 Å². The summed E-state index contributed by atoms with van der Waals surface area (Å²) in [6.07, 6.45) is 1.83. The molecule has 0 aliphatic carbocycles. The summed E-state index contributed by atoms with van der Waals surface area (Å²) in [5, 5.41) is 4.50. The van der Waals surface area contributed by atoms with Crippen molar-refractivity contribution < 1.29 is 4.84 Å². The van der Waals surface area contributed by atoms with E-state index in [1.54, 1.807) is 0 Å². The number of fused-ring (bicyclic) bond motifs is 1. The quantitative estimate of drug-likeness (QED) is 0.336. The van der Waals surface area contributed by atoms with Gasteiger partial charge < -0.3 is 14.3 Å². The number of nitrogens with zero attached hydrogens (tertiary/aromatic N) is 5. The molecule has 160 valence electrons. The van der Waals surface area contributed by atoms with E-state index >= 15 is 0 Å². The van der Waals surface area contributed by atoms with Crippen molar-refractivity contribution in [3.63, 3.8) is 0 Å². The SMILES string of the molecule is Cc1ncc(C(=NOCc2cccc(N3Cc4ccccc4C3)n2)c2ccccc2)n1C. The third-order valence-corrected chi connectivity index (χ3v) is 5.84. The van der Waals surface area contributed by atoms with Gasteiger partial charge in [-0.05, 0) is 30.2 Å². The predicted molar refractivity (Wildman–Crippen MR) is 125 cm³/mol. The second-order valence-electron chi connectivity index (χ2n) is 7.94. The lowest BCUT2D eigenvalue weighted by Gasteiger charge is -2.17. The van der Waals surface area contributed by atoms with Crippen molar-refractivity contribution in [1.82, 2.24) is 14.5 Å². The Morgan fingerprint density at radius 3 is 2.34 bits per heavy atom. The molecule has 0 radical (unpaired) electrons. The first-order valence-corrected chi connectivity index (χ1v) is 10.7. The molecule has 1 aliphatic rings. The third-order valence-electron chi connectivity index (χ3n) is 5.84. The Kier molecular flexibility index (Phi) is 5.42. The van der Waals surface area contributed by atoms with Crippen LogP contribution in [-0.4, -0.2) is 20.2 Å². The van der Waals surface area contributed by atoms with Crippen LogP contribution in [0.5, 0.6) is 0 Å². The molecule has 0 amide bonds. The molecule has 1 aliphatic heterocycles. The van der Waals surface area contributed by atoms with Gasteiger partial charge in [-0.3, -0.25) is 0 Å². The minimum Gasteiger partial charge on any atom is -0.389 e. The highest BCUT2D eigenvalue weighted by Gasteiger charge is 2.19. The van der Waals surface area contributed by atoms with Gasteiger partial charge in [0, 0.05) is 25.7 Å². The Labute approximate surface area is 187 Å². The average Bonchev–Trinajstić information content (AvgIpc) is 3.41. The van der Waals surface area contributed by atoms with E-state index in [1.165, 1.54) is 11.1 Å². The van der Waals surface area contributed by atoms with Crippen molar-refractivity contribution >= 4 is 11.5 Å². The van der Waals surface area contributed by atoms with Gasteiger partial charge in [0.2, 0.25) is 0 Å². The van der Waals surface area contributed by atoms with E-state index in [9.17, 15) is 0 Å².